The van der Waals surface area contributed by atoms with Gasteiger partial charge in [0.15, 0.2) is 0 Å². The fraction of sp³-hybridized carbons (Fsp3) is 0.650. The third kappa shape index (κ3) is 4.36. The Kier molecular flexibility index (Phi) is 7.77. The molecular formula is C20H31Cl2N3O. The van der Waals surface area contributed by atoms with Crippen molar-refractivity contribution >= 4 is 30.7 Å². The van der Waals surface area contributed by atoms with E-state index in [-0.39, 0.29) is 30.9 Å². The van der Waals surface area contributed by atoms with E-state index in [9.17, 15) is 4.79 Å². The van der Waals surface area contributed by atoms with Crippen molar-refractivity contribution < 1.29 is 4.79 Å². The molecule has 3 aliphatic rings. The molecule has 2 fully saturated rings. The molecule has 0 spiro atoms. The maximum atomic E-state index is 13.1. The Balaban J connectivity index is 0.00000121. The predicted octanol–water partition coefficient (Wildman–Crippen LogP) is 2.73. The molecular weight excluding hydrogens is 369 g/mol. The van der Waals surface area contributed by atoms with E-state index in [4.69, 9.17) is 0 Å². The highest BCUT2D eigenvalue weighted by Gasteiger charge is 2.34. The Labute approximate surface area is 169 Å². The van der Waals surface area contributed by atoms with Crippen LogP contribution in [0.25, 0.3) is 0 Å². The highest BCUT2D eigenvalue weighted by Crippen LogP contribution is 2.28. The van der Waals surface area contributed by atoms with Crippen LogP contribution < -0.4 is 5.32 Å². The van der Waals surface area contributed by atoms with Crippen LogP contribution in [-0.4, -0.2) is 54.5 Å². The zero-order valence-corrected chi connectivity index (χ0v) is 17.2. The van der Waals surface area contributed by atoms with Gasteiger partial charge in [0.2, 0.25) is 5.91 Å². The summed E-state index contributed by atoms with van der Waals surface area (Å²) in [5.41, 5.74) is 2.84. The zero-order valence-electron chi connectivity index (χ0n) is 15.5. The molecule has 1 aromatic rings. The fourth-order valence-corrected chi connectivity index (χ4v) is 4.71. The summed E-state index contributed by atoms with van der Waals surface area (Å²) in [6.07, 6.45) is 3.39. The summed E-state index contributed by atoms with van der Waals surface area (Å²) >= 11 is 0. The molecule has 26 heavy (non-hydrogen) atoms. The van der Waals surface area contributed by atoms with E-state index in [1.807, 2.05) is 0 Å². The number of carbonyl (C=O) groups excluding carboxylic acids is 1. The first kappa shape index (κ1) is 21.5. The molecule has 3 atom stereocenters. The highest BCUT2D eigenvalue weighted by atomic mass is 35.5. The number of likely N-dealkylation sites (tertiary alicyclic amines) is 1. The summed E-state index contributed by atoms with van der Waals surface area (Å²) < 4.78 is 0. The normalized spacial score (nSPS) is 26.6. The Morgan fingerprint density at radius 2 is 1.65 bits per heavy atom. The summed E-state index contributed by atoms with van der Waals surface area (Å²) in [6.45, 7) is 8.17. The Morgan fingerprint density at radius 1 is 1.04 bits per heavy atom. The summed E-state index contributed by atoms with van der Waals surface area (Å²) in [4.78, 5) is 17.6. The molecule has 1 unspecified atom stereocenters. The van der Waals surface area contributed by atoms with Crippen LogP contribution in [-0.2, 0) is 17.8 Å². The maximum Gasteiger partial charge on any atom is 0.239 e. The van der Waals surface area contributed by atoms with Crippen LogP contribution in [0.3, 0.4) is 0 Å². The van der Waals surface area contributed by atoms with Crippen molar-refractivity contribution in [3.8, 4) is 0 Å². The number of carbonyl (C=O) groups is 1. The molecule has 0 aliphatic carbocycles. The molecule has 3 aliphatic heterocycles. The van der Waals surface area contributed by atoms with Crippen molar-refractivity contribution in [3.63, 3.8) is 0 Å². The van der Waals surface area contributed by atoms with Crippen LogP contribution >= 0.6 is 24.8 Å². The lowest BCUT2D eigenvalue weighted by Gasteiger charge is -2.35. The van der Waals surface area contributed by atoms with Gasteiger partial charge in [0, 0.05) is 26.2 Å². The lowest BCUT2D eigenvalue weighted by Crippen LogP contribution is -2.49. The van der Waals surface area contributed by atoms with Crippen molar-refractivity contribution in [1.82, 2.24) is 15.1 Å². The molecule has 2 saturated heterocycles. The smallest absolute Gasteiger partial charge is 0.239 e. The number of hydrogen-bond donors (Lipinski definition) is 1. The Hall–Kier alpha value is -0.810. The van der Waals surface area contributed by atoms with Gasteiger partial charge >= 0.3 is 0 Å². The number of hydrogen-bond acceptors (Lipinski definition) is 3. The number of benzene rings is 1. The molecule has 4 rings (SSSR count). The minimum Gasteiger partial charge on any atom is -0.341 e. The minimum atomic E-state index is -0.00517. The third-order valence-corrected chi connectivity index (χ3v) is 6.40. The minimum absolute atomic E-state index is 0. The van der Waals surface area contributed by atoms with Crippen LogP contribution in [0.1, 0.15) is 30.9 Å². The summed E-state index contributed by atoms with van der Waals surface area (Å²) in [5.74, 6) is 1.89. The van der Waals surface area contributed by atoms with Crippen molar-refractivity contribution in [2.75, 3.05) is 32.7 Å². The Morgan fingerprint density at radius 3 is 2.31 bits per heavy atom. The van der Waals surface area contributed by atoms with E-state index in [0.717, 1.165) is 57.5 Å². The standard InChI is InChI=1S/C20H29N3O.2ClH/c1-15(23-11-6-16-4-2-3-5-19(16)14-23)20(24)22-9-7-17-12-21-13-18(17)8-10-22;;/h2-5,15,17-18,21H,6-14H2,1H3;2*1H/t15?,17-,18+;;. The van der Waals surface area contributed by atoms with Crippen molar-refractivity contribution in [2.45, 2.75) is 38.8 Å². The Bertz CT molecular complexity index is 598. The van der Waals surface area contributed by atoms with Crippen molar-refractivity contribution in [3.05, 3.63) is 35.4 Å². The van der Waals surface area contributed by atoms with Gasteiger partial charge in [0.05, 0.1) is 6.04 Å². The fourth-order valence-electron chi connectivity index (χ4n) is 4.71. The molecule has 3 heterocycles. The first-order valence-electron chi connectivity index (χ1n) is 9.52. The first-order valence-corrected chi connectivity index (χ1v) is 9.52. The van der Waals surface area contributed by atoms with Crippen molar-refractivity contribution in [2.24, 2.45) is 11.8 Å². The molecule has 4 nitrogen and oxygen atoms in total. The van der Waals surface area contributed by atoms with Gasteiger partial charge in [-0.1, -0.05) is 24.3 Å². The first-order chi connectivity index (χ1) is 11.7. The van der Waals surface area contributed by atoms with Crippen LogP contribution in [0.2, 0.25) is 0 Å². The number of rotatable bonds is 2. The largest absolute Gasteiger partial charge is 0.341 e. The van der Waals surface area contributed by atoms with Crippen LogP contribution in [0.15, 0.2) is 24.3 Å². The van der Waals surface area contributed by atoms with E-state index in [0.29, 0.717) is 5.91 Å². The number of fused-ring (bicyclic) bond motifs is 2. The number of nitrogens with zero attached hydrogens (tertiary/aromatic N) is 2. The molecule has 0 bridgehead atoms. The van der Waals surface area contributed by atoms with Gasteiger partial charge in [-0.05, 0) is 62.2 Å². The maximum absolute atomic E-state index is 13.1. The van der Waals surface area contributed by atoms with Crippen LogP contribution in [0.5, 0.6) is 0 Å². The number of nitrogens with one attached hydrogen (secondary N) is 1. The average molecular weight is 400 g/mol. The second-order valence-corrected chi connectivity index (χ2v) is 7.75. The van der Waals surface area contributed by atoms with Gasteiger partial charge in [-0.2, -0.15) is 0 Å². The van der Waals surface area contributed by atoms with Gasteiger partial charge in [-0.15, -0.1) is 24.8 Å². The van der Waals surface area contributed by atoms with Crippen LogP contribution in [0.4, 0.5) is 0 Å². The number of halogens is 2. The van der Waals surface area contributed by atoms with Gasteiger partial charge in [0.25, 0.3) is 0 Å². The molecule has 6 heteroatoms. The third-order valence-electron chi connectivity index (χ3n) is 6.40. The van der Waals surface area contributed by atoms with E-state index in [2.05, 4.69) is 46.3 Å². The zero-order chi connectivity index (χ0) is 16.5. The van der Waals surface area contributed by atoms with Gasteiger partial charge in [-0.25, -0.2) is 0 Å². The molecule has 0 aromatic heterocycles. The van der Waals surface area contributed by atoms with E-state index < -0.39 is 0 Å². The summed E-state index contributed by atoms with van der Waals surface area (Å²) in [6, 6.07) is 8.65. The molecule has 146 valence electrons. The SMILES string of the molecule is CC(C(=O)N1CC[C@@H]2CNC[C@@H]2CC1)N1CCc2ccccc2C1.Cl.Cl. The molecule has 1 aromatic carbocycles. The second kappa shape index (κ2) is 9.41. The molecule has 1 N–H and O–H groups in total. The monoisotopic (exact) mass is 399 g/mol. The predicted molar refractivity (Wildman–Crippen MR) is 110 cm³/mol. The molecule has 0 saturated carbocycles. The van der Waals surface area contributed by atoms with Crippen LogP contribution in [0, 0.1) is 11.8 Å². The topological polar surface area (TPSA) is 35.6 Å². The lowest BCUT2D eigenvalue weighted by atomic mass is 9.92. The van der Waals surface area contributed by atoms with Gasteiger partial charge in [0.1, 0.15) is 0 Å². The van der Waals surface area contributed by atoms with E-state index in [1.165, 1.54) is 24.0 Å². The van der Waals surface area contributed by atoms with Crippen molar-refractivity contribution in [1.29, 1.82) is 0 Å². The summed E-state index contributed by atoms with van der Waals surface area (Å²) in [5, 5.41) is 3.51. The molecule has 0 radical (unpaired) electrons. The van der Waals surface area contributed by atoms with Gasteiger partial charge in [-0.3, -0.25) is 9.69 Å². The molecule has 1 amide bonds. The van der Waals surface area contributed by atoms with Gasteiger partial charge < -0.3 is 10.2 Å². The van der Waals surface area contributed by atoms with E-state index >= 15 is 0 Å². The quantitative estimate of drug-likeness (QED) is 0.829. The second-order valence-electron chi connectivity index (χ2n) is 7.75. The van der Waals surface area contributed by atoms with E-state index in [1.54, 1.807) is 0 Å². The lowest BCUT2D eigenvalue weighted by molar-refractivity contribution is -0.136. The average Bonchev–Trinajstić information content (AvgIpc) is 2.98. The number of amides is 1. The summed E-state index contributed by atoms with van der Waals surface area (Å²) in [7, 11) is 0. The highest BCUT2D eigenvalue weighted by molar-refractivity contribution is 5.85.